The van der Waals surface area contributed by atoms with Crippen LogP contribution in [0, 0.1) is 0 Å². The van der Waals surface area contributed by atoms with Gasteiger partial charge in [-0.05, 0) is 29.9 Å². The van der Waals surface area contributed by atoms with E-state index < -0.39 is 0 Å². The highest BCUT2D eigenvalue weighted by molar-refractivity contribution is 9.10. The molecule has 0 aliphatic carbocycles. The number of hydrogen-bond acceptors (Lipinski definition) is 1. The Labute approximate surface area is 86.9 Å². The van der Waals surface area contributed by atoms with Crippen LogP contribution in [-0.2, 0) is 6.42 Å². The van der Waals surface area contributed by atoms with Crippen LogP contribution in [0.5, 0.6) is 0 Å². The average molecular weight is 245 g/mol. The van der Waals surface area contributed by atoms with E-state index in [1.807, 2.05) is 11.8 Å². The average Bonchev–Trinajstić information content (AvgIpc) is 2.05. The molecule has 0 saturated carbocycles. The van der Waals surface area contributed by atoms with E-state index in [4.69, 9.17) is 0 Å². The summed E-state index contributed by atoms with van der Waals surface area (Å²) in [5.41, 5.74) is 1.38. The van der Waals surface area contributed by atoms with E-state index in [-0.39, 0.29) is 0 Å². The lowest BCUT2D eigenvalue weighted by atomic mass is 10.2. The van der Waals surface area contributed by atoms with Crippen molar-refractivity contribution in [3.8, 4) is 0 Å². The Bertz CT molecular complexity index is 258. The number of aryl methyl sites for hydroxylation is 1. The molecule has 1 aromatic rings. The SMILES string of the molecule is CCSc1ccc(CC)c(Br)c1. The van der Waals surface area contributed by atoms with E-state index in [1.54, 1.807) is 0 Å². The van der Waals surface area contributed by atoms with Gasteiger partial charge in [0.25, 0.3) is 0 Å². The van der Waals surface area contributed by atoms with Crippen molar-refractivity contribution in [2.24, 2.45) is 0 Å². The zero-order valence-electron chi connectivity index (χ0n) is 7.43. The maximum atomic E-state index is 3.56. The van der Waals surface area contributed by atoms with Crippen LogP contribution < -0.4 is 0 Å². The summed E-state index contributed by atoms with van der Waals surface area (Å²) in [7, 11) is 0. The second kappa shape index (κ2) is 4.93. The van der Waals surface area contributed by atoms with Gasteiger partial charge in [-0.1, -0.05) is 35.8 Å². The quantitative estimate of drug-likeness (QED) is 0.722. The third-order valence-electron chi connectivity index (χ3n) is 1.72. The minimum absolute atomic E-state index is 1.09. The minimum Gasteiger partial charge on any atom is -0.126 e. The van der Waals surface area contributed by atoms with E-state index in [9.17, 15) is 0 Å². The lowest BCUT2D eigenvalue weighted by molar-refractivity contribution is 1.12. The summed E-state index contributed by atoms with van der Waals surface area (Å²) >= 11 is 5.44. The third-order valence-corrected chi connectivity index (χ3v) is 3.33. The van der Waals surface area contributed by atoms with E-state index >= 15 is 0 Å². The molecule has 0 spiro atoms. The van der Waals surface area contributed by atoms with Crippen LogP contribution in [0.15, 0.2) is 27.6 Å². The Kier molecular flexibility index (Phi) is 4.16. The maximum Gasteiger partial charge on any atom is 0.0218 e. The molecule has 0 amide bonds. The van der Waals surface area contributed by atoms with E-state index in [0.29, 0.717) is 0 Å². The van der Waals surface area contributed by atoms with Gasteiger partial charge in [-0.15, -0.1) is 11.8 Å². The van der Waals surface area contributed by atoms with Crippen molar-refractivity contribution in [1.82, 2.24) is 0 Å². The predicted octanol–water partition coefficient (Wildman–Crippen LogP) is 4.12. The van der Waals surface area contributed by atoms with Gasteiger partial charge in [0.2, 0.25) is 0 Å². The summed E-state index contributed by atoms with van der Waals surface area (Å²) in [6, 6.07) is 6.59. The first kappa shape index (κ1) is 10.1. The Balaban J connectivity index is 2.86. The lowest BCUT2D eigenvalue weighted by Crippen LogP contribution is -1.82. The topological polar surface area (TPSA) is 0 Å². The molecule has 0 radical (unpaired) electrons. The van der Waals surface area contributed by atoms with Crippen LogP contribution in [0.2, 0.25) is 0 Å². The number of rotatable bonds is 3. The van der Waals surface area contributed by atoms with E-state index in [2.05, 4.69) is 48.0 Å². The molecule has 1 rings (SSSR count). The van der Waals surface area contributed by atoms with E-state index in [0.717, 1.165) is 12.2 Å². The fraction of sp³-hybridized carbons (Fsp3) is 0.400. The van der Waals surface area contributed by atoms with Crippen molar-refractivity contribution >= 4 is 27.7 Å². The van der Waals surface area contributed by atoms with Crippen LogP contribution in [0.25, 0.3) is 0 Å². The van der Waals surface area contributed by atoms with Gasteiger partial charge in [-0.3, -0.25) is 0 Å². The second-order valence-electron chi connectivity index (χ2n) is 2.54. The molecule has 0 aliphatic rings. The van der Waals surface area contributed by atoms with Crippen molar-refractivity contribution in [1.29, 1.82) is 0 Å². The van der Waals surface area contributed by atoms with Crippen LogP contribution in [0.4, 0.5) is 0 Å². The maximum absolute atomic E-state index is 3.56. The molecule has 0 heterocycles. The van der Waals surface area contributed by atoms with Gasteiger partial charge in [0.05, 0.1) is 0 Å². The first-order valence-electron chi connectivity index (χ1n) is 4.19. The standard InChI is InChI=1S/C10H13BrS/c1-3-8-5-6-9(12-4-2)7-10(8)11/h5-7H,3-4H2,1-2H3. The van der Waals surface area contributed by atoms with Gasteiger partial charge >= 0.3 is 0 Å². The molecule has 66 valence electrons. The molecule has 12 heavy (non-hydrogen) atoms. The fourth-order valence-corrected chi connectivity index (χ4v) is 2.58. The summed E-state index contributed by atoms with van der Waals surface area (Å²) in [5, 5.41) is 0. The molecule has 2 heteroatoms. The summed E-state index contributed by atoms with van der Waals surface area (Å²) in [6.45, 7) is 4.35. The van der Waals surface area contributed by atoms with Crippen molar-refractivity contribution in [2.45, 2.75) is 25.2 Å². The summed E-state index contributed by atoms with van der Waals surface area (Å²) < 4.78 is 1.24. The first-order chi connectivity index (χ1) is 5.77. The lowest BCUT2D eigenvalue weighted by Gasteiger charge is -2.03. The number of hydrogen-bond donors (Lipinski definition) is 0. The summed E-state index contributed by atoms with van der Waals surface area (Å²) in [6.07, 6.45) is 1.09. The van der Waals surface area contributed by atoms with Crippen molar-refractivity contribution < 1.29 is 0 Å². The molecular formula is C10H13BrS. The van der Waals surface area contributed by atoms with Crippen LogP contribution in [-0.4, -0.2) is 5.75 Å². The van der Waals surface area contributed by atoms with E-state index in [1.165, 1.54) is 14.9 Å². The molecule has 0 fully saturated rings. The molecule has 0 aromatic heterocycles. The van der Waals surface area contributed by atoms with Gasteiger partial charge in [-0.2, -0.15) is 0 Å². The second-order valence-corrected chi connectivity index (χ2v) is 4.73. The zero-order valence-corrected chi connectivity index (χ0v) is 9.83. The predicted molar refractivity (Wildman–Crippen MR) is 59.9 cm³/mol. The summed E-state index contributed by atoms with van der Waals surface area (Å²) in [5.74, 6) is 1.14. The fourth-order valence-electron chi connectivity index (χ4n) is 1.07. The molecule has 0 atom stereocenters. The van der Waals surface area contributed by atoms with Crippen LogP contribution >= 0.6 is 27.7 Å². The largest absolute Gasteiger partial charge is 0.126 e. The Morgan fingerprint density at radius 3 is 2.58 bits per heavy atom. The number of halogens is 1. The Morgan fingerprint density at radius 2 is 2.08 bits per heavy atom. The minimum atomic E-state index is 1.09. The first-order valence-corrected chi connectivity index (χ1v) is 5.97. The zero-order chi connectivity index (χ0) is 8.97. The number of benzene rings is 1. The summed E-state index contributed by atoms with van der Waals surface area (Å²) in [4.78, 5) is 1.35. The molecule has 0 aliphatic heterocycles. The van der Waals surface area contributed by atoms with Gasteiger partial charge in [-0.25, -0.2) is 0 Å². The van der Waals surface area contributed by atoms with Gasteiger partial charge in [0.15, 0.2) is 0 Å². The molecule has 0 nitrogen and oxygen atoms in total. The molecular weight excluding hydrogens is 232 g/mol. The van der Waals surface area contributed by atoms with Gasteiger partial charge < -0.3 is 0 Å². The van der Waals surface area contributed by atoms with Gasteiger partial charge in [0.1, 0.15) is 0 Å². The van der Waals surface area contributed by atoms with Gasteiger partial charge in [0, 0.05) is 9.37 Å². The van der Waals surface area contributed by atoms with Crippen molar-refractivity contribution in [2.75, 3.05) is 5.75 Å². The molecule has 0 bridgehead atoms. The highest BCUT2D eigenvalue weighted by Gasteiger charge is 1.98. The Morgan fingerprint density at radius 1 is 1.33 bits per heavy atom. The molecule has 0 N–H and O–H groups in total. The number of thioether (sulfide) groups is 1. The molecule has 0 saturated heterocycles. The van der Waals surface area contributed by atoms with Crippen molar-refractivity contribution in [3.63, 3.8) is 0 Å². The Hall–Kier alpha value is 0.0500. The smallest absolute Gasteiger partial charge is 0.0218 e. The molecule has 1 aromatic carbocycles. The highest BCUT2D eigenvalue weighted by atomic mass is 79.9. The van der Waals surface area contributed by atoms with Crippen LogP contribution in [0.1, 0.15) is 19.4 Å². The monoisotopic (exact) mass is 244 g/mol. The molecule has 0 unspecified atom stereocenters. The van der Waals surface area contributed by atoms with Crippen LogP contribution in [0.3, 0.4) is 0 Å². The normalized spacial score (nSPS) is 10.2. The highest BCUT2D eigenvalue weighted by Crippen LogP contribution is 2.25. The van der Waals surface area contributed by atoms with Crippen molar-refractivity contribution in [3.05, 3.63) is 28.2 Å². The third kappa shape index (κ3) is 2.53.